The molecule has 110 valence electrons. The van der Waals surface area contributed by atoms with Crippen LogP contribution in [-0.4, -0.2) is 61.6 Å². The number of nitrogens with one attached hydrogen (secondary N) is 1. The summed E-state index contributed by atoms with van der Waals surface area (Å²) < 4.78 is 0. The maximum absolute atomic E-state index is 4.88. The third-order valence-corrected chi connectivity index (χ3v) is 4.15. The van der Waals surface area contributed by atoms with Gasteiger partial charge in [-0.1, -0.05) is 6.92 Å². The normalized spacial score (nSPS) is 25.3. The highest BCUT2D eigenvalue weighted by molar-refractivity contribution is 5.80. The van der Waals surface area contributed by atoms with Gasteiger partial charge in [0.05, 0.1) is 0 Å². The van der Waals surface area contributed by atoms with E-state index in [-0.39, 0.29) is 0 Å². The monoisotopic (exact) mass is 266 g/mol. The molecule has 2 aliphatic rings. The van der Waals surface area contributed by atoms with Gasteiger partial charge in [0.15, 0.2) is 5.96 Å². The summed E-state index contributed by atoms with van der Waals surface area (Å²) in [5.74, 6) is 1.91. The molecular weight excluding hydrogens is 236 g/mol. The number of rotatable bonds is 5. The lowest BCUT2D eigenvalue weighted by molar-refractivity contribution is 0.326. The van der Waals surface area contributed by atoms with Crippen molar-refractivity contribution in [3.8, 4) is 0 Å². The predicted molar refractivity (Wildman–Crippen MR) is 81.6 cm³/mol. The smallest absolute Gasteiger partial charge is 0.193 e. The summed E-state index contributed by atoms with van der Waals surface area (Å²) in [6, 6.07) is 0. The van der Waals surface area contributed by atoms with Crippen LogP contribution in [0.3, 0.4) is 0 Å². The van der Waals surface area contributed by atoms with E-state index in [1.165, 1.54) is 58.4 Å². The fraction of sp³-hybridized carbons (Fsp3) is 0.933. The van der Waals surface area contributed by atoms with E-state index < -0.39 is 0 Å². The van der Waals surface area contributed by atoms with Crippen LogP contribution in [0.5, 0.6) is 0 Å². The second-order valence-electron chi connectivity index (χ2n) is 5.84. The molecule has 0 bridgehead atoms. The summed E-state index contributed by atoms with van der Waals surface area (Å²) in [6.45, 7) is 12.5. The standard InChI is InChI=1S/C15H30N4/c1-3-8-18-11-7-14(13-18)12-17-15(16-4-2)19-9-5-6-10-19/h14H,3-13H2,1-2H3,(H,16,17). The molecule has 0 aliphatic carbocycles. The molecule has 2 heterocycles. The summed E-state index contributed by atoms with van der Waals surface area (Å²) in [7, 11) is 0. The first-order valence-electron chi connectivity index (χ1n) is 8.09. The van der Waals surface area contributed by atoms with E-state index in [1.807, 2.05) is 0 Å². The van der Waals surface area contributed by atoms with Crippen LogP contribution in [0.4, 0.5) is 0 Å². The highest BCUT2D eigenvalue weighted by Crippen LogP contribution is 2.17. The molecule has 0 radical (unpaired) electrons. The van der Waals surface area contributed by atoms with Crippen LogP contribution >= 0.6 is 0 Å². The Hall–Kier alpha value is -0.770. The van der Waals surface area contributed by atoms with Gasteiger partial charge in [-0.3, -0.25) is 4.99 Å². The van der Waals surface area contributed by atoms with E-state index in [2.05, 4.69) is 29.0 Å². The highest BCUT2D eigenvalue weighted by atomic mass is 15.3. The third-order valence-electron chi connectivity index (χ3n) is 4.15. The van der Waals surface area contributed by atoms with Gasteiger partial charge in [-0.25, -0.2) is 0 Å². The minimum atomic E-state index is 0.766. The van der Waals surface area contributed by atoms with Gasteiger partial charge >= 0.3 is 0 Å². The molecule has 19 heavy (non-hydrogen) atoms. The summed E-state index contributed by atoms with van der Waals surface area (Å²) in [6.07, 6.45) is 5.23. The lowest BCUT2D eigenvalue weighted by Crippen LogP contribution is -2.40. The van der Waals surface area contributed by atoms with Gasteiger partial charge < -0.3 is 15.1 Å². The number of likely N-dealkylation sites (tertiary alicyclic amines) is 2. The zero-order chi connectivity index (χ0) is 13.5. The summed E-state index contributed by atoms with van der Waals surface area (Å²) in [4.78, 5) is 9.88. The molecule has 4 heteroatoms. The Kier molecular flexibility index (Phi) is 5.95. The molecule has 0 saturated carbocycles. The second-order valence-corrected chi connectivity index (χ2v) is 5.84. The van der Waals surface area contributed by atoms with E-state index in [0.717, 1.165) is 25.0 Å². The average molecular weight is 266 g/mol. The number of nitrogens with zero attached hydrogens (tertiary/aromatic N) is 3. The Morgan fingerprint density at radius 1 is 1.21 bits per heavy atom. The zero-order valence-corrected chi connectivity index (χ0v) is 12.7. The van der Waals surface area contributed by atoms with Gasteiger partial charge in [-0.05, 0) is 51.6 Å². The molecule has 0 aromatic carbocycles. The Morgan fingerprint density at radius 3 is 2.68 bits per heavy atom. The van der Waals surface area contributed by atoms with E-state index in [0.29, 0.717) is 0 Å². The zero-order valence-electron chi connectivity index (χ0n) is 12.7. The fourth-order valence-electron chi connectivity index (χ4n) is 3.15. The van der Waals surface area contributed by atoms with Crippen molar-refractivity contribution in [1.29, 1.82) is 0 Å². The molecule has 0 aromatic rings. The van der Waals surface area contributed by atoms with Gasteiger partial charge in [0.25, 0.3) is 0 Å². The SMILES string of the molecule is CCCN1CCC(CN=C(NCC)N2CCCC2)C1. The molecule has 1 atom stereocenters. The Balaban J connectivity index is 1.81. The molecule has 2 saturated heterocycles. The van der Waals surface area contributed by atoms with Gasteiger partial charge in [-0.2, -0.15) is 0 Å². The fourth-order valence-corrected chi connectivity index (χ4v) is 3.15. The van der Waals surface area contributed by atoms with Crippen LogP contribution in [-0.2, 0) is 0 Å². The predicted octanol–water partition coefficient (Wildman–Crippen LogP) is 1.78. The van der Waals surface area contributed by atoms with Crippen LogP contribution in [0.25, 0.3) is 0 Å². The van der Waals surface area contributed by atoms with Gasteiger partial charge in [0.2, 0.25) is 0 Å². The lowest BCUT2D eigenvalue weighted by atomic mass is 10.1. The second kappa shape index (κ2) is 7.73. The Bertz CT molecular complexity index is 284. The Labute approximate surface area is 118 Å². The van der Waals surface area contributed by atoms with Crippen molar-refractivity contribution in [1.82, 2.24) is 15.1 Å². The van der Waals surface area contributed by atoms with E-state index in [4.69, 9.17) is 4.99 Å². The highest BCUT2D eigenvalue weighted by Gasteiger charge is 2.22. The largest absolute Gasteiger partial charge is 0.357 e. The minimum Gasteiger partial charge on any atom is -0.357 e. The van der Waals surface area contributed by atoms with Crippen molar-refractivity contribution in [2.75, 3.05) is 45.8 Å². The van der Waals surface area contributed by atoms with Gasteiger partial charge in [0, 0.05) is 32.7 Å². The average Bonchev–Trinajstić information content (AvgIpc) is 3.06. The van der Waals surface area contributed by atoms with Crippen molar-refractivity contribution in [2.45, 2.75) is 39.5 Å². The van der Waals surface area contributed by atoms with Crippen LogP contribution in [0.2, 0.25) is 0 Å². The molecule has 2 aliphatic heterocycles. The van der Waals surface area contributed by atoms with Crippen LogP contribution < -0.4 is 5.32 Å². The maximum Gasteiger partial charge on any atom is 0.193 e. The van der Waals surface area contributed by atoms with Crippen molar-refractivity contribution >= 4 is 5.96 Å². The summed E-state index contributed by atoms with van der Waals surface area (Å²) in [5.41, 5.74) is 0. The molecule has 0 amide bonds. The van der Waals surface area contributed by atoms with Crippen molar-refractivity contribution in [3.05, 3.63) is 0 Å². The van der Waals surface area contributed by atoms with Gasteiger partial charge in [-0.15, -0.1) is 0 Å². The summed E-state index contributed by atoms with van der Waals surface area (Å²) in [5, 5.41) is 3.45. The van der Waals surface area contributed by atoms with E-state index in [9.17, 15) is 0 Å². The van der Waals surface area contributed by atoms with E-state index >= 15 is 0 Å². The number of guanidine groups is 1. The molecule has 1 unspecified atom stereocenters. The third kappa shape index (κ3) is 4.37. The molecule has 1 N–H and O–H groups in total. The summed E-state index contributed by atoms with van der Waals surface area (Å²) >= 11 is 0. The molecular formula is C15H30N4. The molecule has 2 fully saturated rings. The maximum atomic E-state index is 4.88. The number of aliphatic imine (C=N–C) groups is 1. The molecule has 0 spiro atoms. The molecule has 2 rings (SSSR count). The van der Waals surface area contributed by atoms with E-state index in [1.54, 1.807) is 0 Å². The van der Waals surface area contributed by atoms with Crippen LogP contribution in [0.1, 0.15) is 39.5 Å². The number of hydrogen-bond donors (Lipinski definition) is 1. The topological polar surface area (TPSA) is 30.9 Å². The Morgan fingerprint density at radius 2 is 2.00 bits per heavy atom. The first-order chi connectivity index (χ1) is 9.33. The van der Waals surface area contributed by atoms with Crippen LogP contribution in [0, 0.1) is 5.92 Å². The van der Waals surface area contributed by atoms with Crippen molar-refractivity contribution in [3.63, 3.8) is 0 Å². The van der Waals surface area contributed by atoms with Gasteiger partial charge in [0.1, 0.15) is 0 Å². The lowest BCUT2D eigenvalue weighted by Gasteiger charge is -2.21. The quantitative estimate of drug-likeness (QED) is 0.608. The van der Waals surface area contributed by atoms with Crippen molar-refractivity contribution in [2.24, 2.45) is 10.9 Å². The molecule has 4 nitrogen and oxygen atoms in total. The first-order valence-corrected chi connectivity index (χ1v) is 8.09. The molecule has 0 aromatic heterocycles. The van der Waals surface area contributed by atoms with Crippen molar-refractivity contribution < 1.29 is 0 Å². The minimum absolute atomic E-state index is 0.766. The first kappa shape index (κ1) is 14.6. The van der Waals surface area contributed by atoms with Crippen LogP contribution in [0.15, 0.2) is 4.99 Å². The number of hydrogen-bond acceptors (Lipinski definition) is 2.